The number of benzene rings is 1. The van der Waals surface area contributed by atoms with Crippen LogP contribution in [0.5, 0.6) is 0 Å². The summed E-state index contributed by atoms with van der Waals surface area (Å²) in [6, 6.07) is 5.39. The topological polar surface area (TPSA) is 68.1 Å². The van der Waals surface area contributed by atoms with Gasteiger partial charge < -0.3 is 15.5 Å². The fourth-order valence-electron chi connectivity index (χ4n) is 1.52. The van der Waals surface area contributed by atoms with E-state index in [-0.39, 0.29) is 5.97 Å². The summed E-state index contributed by atoms with van der Waals surface area (Å²) in [6.07, 6.45) is 1.64. The number of ether oxygens (including phenoxy) is 1. The van der Waals surface area contributed by atoms with E-state index in [4.69, 9.17) is 10.5 Å². The second-order valence-electron chi connectivity index (χ2n) is 3.23. The van der Waals surface area contributed by atoms with Crippen molar-refractivity contribution in [1.29, 1.82) is 0 Å². The maximum atomic E-state index is 11.5. The molecular weight excluding hydrogens is 192 g/mol. The molecule has 1 aromatic carbocycles. The third-order valence-electron chi connectivity index (χ3n) is 2.20. The monoisotopic (exact) mass is 204 g/mol. The molecule has 2 aromatic rings. The molecule has 0 aliphatic rings. The van der Waals surface area contributed by atoms with E-state index < -0.39 is 0 Å². The van der Waals surface area contributed by atoms with Crippen molar-refractivity contribution in [2.24, 2.45) is 0 Å². The van der Waals surface area contributed by atoms with Crippen molar-refractivity contribution in [3.63, 3.8) is 0 Å². The molecule has 4 nitrogen and oxygen atoms in total. The van der Waals surface area contributed by atoms with E-state index in [2.05, 4.69) is 4.98 Å². The standard InChI is InChI=1S/C11H12N2O2/c1-2-15-11(14)9-6-13-10-4-3-7(12)5-8(9)10/h3-6,13H,2,12H2,1H3. The van der Waals surface area contributed by atoms with Crippen LogP contribution >= 0.6 is 0 Å². The summed E-state index contributed by atoms with van der Waals surface area (Å²) in [6.45, 7) is 2.15. The van der Waals surface area contributed by atoms with E-state index in [0.717, 1.165) is 10.9 Å². The number of hydrogen-bond donors (Lipinski definition) is 2. The molecule has 0 aliphatic carbocycles. The Kier molecular flexibility index (Phi) is 2.33. The average Bonchev–Trinajstić information content (AvgIpc) is 2.60. The Morgan fingerprint density at radius 1 is 1.53 bits per heavy atom. The van der Waals surface area contributed by atoms with Crippen LogP contribution in [-0.2, 0) is 4.74 Å². The number of fused-ring (bicyclic) bond motifs is 1. The molecule has 1 heterocycles. The van der Waals surface area contributed by atoms with Gasteiger partial charge in [-0.25, -0.2) is 4.79 Å². The Morgan fingerprint density at radius 2 is 2.33 bits per heavy atom. The lowest BCUT2D eigenvalue weighted by Gasteiger charge is -2.00. The van der Waals surface area contributed by atoms with Gasteiger partial charge in [0.25, 0.3) is 0 Å². The first kappa shape index (κ1) is 9.58. The molecule has 0 unspecified atom stereocenters. The minimum atomic E-state index is -0.325. The van der Waals surface area contributed by atoms with Gasteiger partial charge in [-0.2, -0.15) is 0 Å². The van der Waals surface area contributed by atoms with Gasteiger partial charge in [0.15, 0.2) is 0 Å². The second kappa shape index (κ2) is 3.65. The van der Waals surface area contributed by atoms with Crippen molar-refractivity contribution in [3.8, 4) is 0 Å². The summed E-state index contributed by atoms with van der Waals surface area (Å²) in [7, 11) is 0. The lowest BCUT2D eigenvalue weighted by molar-refractivity contribution is 0.0529. The number of anilines is 1. The number of aromatic amines is 1. The molecule has 0 bridgehead atoms. The molecule has 0 saturated carbocycles. The third-order valence-corrected chi connectivity index (χ3v) is 2.20. The summed E-state index contributed by atoms with van der Waals surface area (Å²) in [5.41, 5.74) is 7.70. The Morgan fingerprint density at radius 3 is 3.07 bits per heavy atom. The average molecular weight is 204 g/mol. The number of esters is 1. The fraction of sp³-hybridized carbons (Fsp3) is 0.182. The molecule has 0 saturated heterocycles. The van der Waals surface area contributed by atoms with Gasteiger partial charge in [0.1, 0.15) is 0 Å². The molecular formula is C11H12N2O2. The largest absolute Gasteiger partial charge is 0.462 e. The van der Waals surface area contributed by atoms with Gasteiger partial charge in [-0.1, -0.05) is 0 Å². The van der Waals surface area contributed by atoms with Crippen LogP contribution < -0.4 is 5.73 Å². The second-order valence-corrected chi connectivity index (χ2v) is 3.23. The molecule has 1 aromatic heterocycles. The molecule has 15 heavy (non-hydrogen) atoms. The Balaban J connectivity index is 2.52. The van der Waals surface area contributed by atoms with Crippen molar-refractivity contribution in [1.82, 2.24) is 4.98 Å². The highest BCUT2D eigenvalue weighted by atomic mass is 16.5. The number of carbonyl (C=O) groups is 1. The van der Waals surface area contributed by atoms with Crippen LogP contribution in [-0.4, -0.2) is 17.6 Å². The van der Waals surface area contributed by atoms with Crippen LogP contribution in [0.1, 0.15) is 17.3 Å². The van der Waals surface area contributed by atoms with E-state index in [1.54, 1.807) is 25.3 Å². The maximum absolute atomic E-state index is 11.5. The van der Waals surface area contributed by atoms with Crippen molar-refractivity contribution < 1.29 is 9.53 Å². The van der Waals surface area contributed by atoms with Gasteiger partial charge in [-0.15, -0.1) is 0 Å². The highest BCUT2D eigenvalue weighted by Gasteiger charge is 2.12. The number of nitrogens with one attached hydrogen (secondary N) is 1. The lowest BCUT2D eigenvalue weighted by Crippen LogP contribution is -2.03. The number of carbonyl (C=O) groups excluding carboxylic acids is 1. The number of nitrogens with two attached hydrogens (primary N) is 1. The summed E-state index contributed by atoms with van der Waals surface area (Å²) in [4.78, 5) is 14.5. The van der Waals surface area contributed by atoms with Gasteiger partial charge >= 0.3 is 5.97 Å². The number of rotatable bonds is 2. The molecule has 3 N–H and O–H groups in total. The van der Waals surface area contributed by atoms with E-state index in [1.165, 1.54) is 0 Å². The molecule has 78 valence electrons. The van der Waals surface area contributed by atoms with Crippen LogP contribution in [0.2, 0.25) is 0 Å². The molecule has 2 rings (SSSR count). The quantitative estimate of drug-likeness (QED) is 0.580. The first-order valence-corrected chi connectivity index (χ1v) is 4.76. The van der Waals surface area contributed by atoms with Crippen LogP contribution in [0.4, 0.5) is 5.69 Å². The minimum Gasteiger partial charge on any atom is -0.462 e. The van der Waals surface area contributed by atoms with Gasteiger partial charge in [0.2, 0.25) is 0 Å². The van der Waals surface area contributed by atoms with Crippen molar-refractivity contribution in [3.05, 3.63) is 30.0 Å². The van der Waals surface area contributed by atoms with E-state index >= 15 is 0 Å². The molecule has 0 atom stereocenters. The zero-order valence-electron chi connectivity index (χ0n) is 8.41. The third kappa shape index (κ3) is 1.66. The summed E-state index contributed by atoms with van der Waals surface area (Å²) < 4.78 is 4.93. The van der Waals surface area contributed by atoms with Crippen molar-refractivity contribution in [2.45, 2.75) is 6.92 Å². The first-order chi connectivity index (χ1) is 7.22. The van der Waals surface area contributed by atoms with Gasteiger partial charge in [-0.3, -0.25) is 0 Å². The van der Waals surface area contributed by atoms with E-state index in [0.29, 0.717) is 17.9 Å². The molecule has 4 heteroatoms. The van der Waals surface area contributed by atoms with Crippen LogP contribution in [0, 0.1) is 0 Å². The highest BCUT2D eigenvalue weighted by Crippen LogP contribution is 2.21. The lowest BCUT2D eigenvalue weighted by atomic mass is 10.1. The van der Waals surface area contributed by atoms with Crippen molar-refractivity contribution in [2.75, 3.05) is 12.3 Å². The number of H-pyrrole nitrogens is 1. The Hall–Kier alpha value is -1.97. The number of hydrogen-bond acceptors (Lipinski definition) is 3. The number of aromatic nitrogens is 1. The normalized spacial score (nSPS) is 10.5. The SMILES string of the molecule is CCOC(=O)c1c[nH]c2ccc(N)cc12. The minimum absolute atomic E-state index is 0.325. The molecule has 0 radical (unpaired) electrons. The highest BCUT2D eigenvalue weighted by molar-refractivity contribution is 6.04. The van der Waals surface area contributed by atoms with Crippen LogP contribution in [0.25, 0.3) is 10.9 Å². The summed E-state index contributed by atoms with van der Waals surface area (Å²) in [5.74, 6) is -0.325. The van der Waals surface area contributed by atoms with E-state index in [1.807, 2.05) is 6.07 Å². The smallest absolute Gasteiger partial charge is 0.340 e. The molecule has 0 amide bonds. The predicted molar refractivity (Wildman–Crippen MR) is 58.7 cm³/mol. The van der Waals surface area contributed by atoms with Crippen molar-refractivity contribution >= 4 is 22.6 Å². The Labute approximate surface area is 87.0 Å². The molecule has 0 spiro atoms. The van der Waals surface area contributed by atoms with Gasteiger partial charge in [0, 0.05) is 22.8 Å². The predicted octanol–water partition coefficient (Wildman–Crippen LogP) is 1.93. The van der Waals surface area contributed by atoms with Crippen LogP contribution in [0.3, 0.4) is 0 Å². The zero-order chi connectivity index (χ0) is 10.8. The molecule has 0 aliphatic heterocycles. The fourth-order valence-corrected chi connectivity index (χ4v) is 1.52. The summed E-state index contributed by atoms with van der Waals surface area (Å²) >= 11 is 0. The molecule has 0 fully saturated rings. The van der Waals surface area contributed by atoms with Gasteiger partial charge in [0.05, 0.1) is 12.2 Å². The first-order valence-electron chi connectivity index (χ1n) is 4.76. The zero-order valence-corrected chi connectivity index (χ0v) is 8.41. The number of nitrogen functional groups attached to an aromatic ring is 1. The van der Waals surface area contributed by atoms with Crippen LogP contribution in [0.15, 0.2) is 24.4 Å². The van der Waals surface area contributed by atoms with Gasteiger partial charge in [-0.05, 0) is 25.1 Å². The summed E-state index contributed by atoms with van der Waals surface area (Å²) in [5, 5.41) is 0.799. The maximum Gasteiger partial charge on any atom is 0.340 e. The van der Waals surface area contributed by atoms with E-state index in [9.17, 15) is 4.79 Å². The Bertz CT molecular complexity index is 502.